The summed E-state index contributed by atoms with van der Waals surface area (Å²) < 4.78 is 13.2. The van der Waals surface area contributed by atoms with Crippen molar-refractivity contribution in [1.82, 2.24) is 10.3 Å². The summed E-state index contributed by atoms with van der Waals surface area (Å²) in [7, 11) is 0. The van der Waals surface area contributed by atoms with Gasteiger partial charge >= 0.3 is 0 Å². The topological polar surface area (TPSA) is 95.7 Å². The molecule has 2 N–H and O–H groups in total. The summed E-state index contributed by atoms with van der Waals surface area (Å²) >= 11 is 1.10. The lowest BCUT2D eigenvalue weighted by Gasteiger charge is -2.36. The van der Waals surface area contributed by atoms with Gasteiger partial charge in [0.25, 0.3) is 5.56 Å². The molecule has 0 amide bonds. The van der Waals surface area contributed by atoms with Crippen LogP contribution in [0.5, 0.6) is 0 Å². The molecule has 2 aromatic carbocycles. The number of H-pyrrole nitrogens is 1. The predicted octanol–water partition coefficient (Wildman–Crippen LogP) is 3.86. The largest absolute Gasteiger partial charge is 0.356 e. The molecular weight excluding hydrogens is 425 g/mol. The van der Waals surface area contributed by atoms with E-state index in [2.05, 4.69) is 21.8 Å². The van der Waals surface area contributed by atoms with E-state index in [1.165, 1.54) is 12.1 Å². The average molecular weight is 448 g/mol. The maximum Gasteiger partial charge on any atom is 0.268 e. The van der Waals surface area contributed by atoms with Crippen molar-refractivity contribution in [1.29, 1.82) is 10.5 Å². The fourth-order valence-electron chi connectivity index (χ4n) is 4.25. The number of benzene rings is 2. The minimum Gasteiger partial charge on any atom is -0.356 e. The summed E-state index contributed by atoms with van der Waals surface area (Å²) in [5, 5.41) is 25.2. The highest BCUT2D eigenvalue weighted by Gasteiger charge is 2.26. The SMILES string of the molecule is N#CSCN(c1c(C#N)c(=O)[nH]c2cc(Cc3ccc(F)cc3)ccc12)C1CCNCC1. The van der Waals surface area contributed by atoms with Crippen molar-refractivity contribution in [2.45, 2.75) is 25.3 Å². The number of thiocyanates is 1. The third-order valence-electron chi connectivity index (χ3n) is 5.79. The number of nitrogens with zero attached hydrogens (tertiary/aromatic N) is 3. The Balaban J connectivity index is 1.80. The zero-order chi connectivity index (χ0) is 22.5. The normalized spacial score (nSPS) is 14.1. The van der Waals surface area contributed by atoms with E-state index in [1.807, 2.05) is 23.1 Å². The number of nitrogens with one attached hydrogen (secondary N) is 2. The van der Waals surface area contributed by atoms with Crippen LogP contribution in [-0.4, -0.2) is 30.0 Å². The number of piperidine rings is 1. The molecule has 2 heterocycles. The first kappa shape index (κ1) is 21.9. The number of pyridine rings is 1. The quantitative estimate of drug-likeness (QED) is 0.440. The van der Waals surface area contributed by atoms with Gasteiger partial charge in [-0.2, -0.15) is 10.5 Å². The summed E-state index contributed by atoms with van der Waals surface area (Å²) in [6.07, 6.45) is 2.33. The monoisotopic (exact) mass is 447 g/mol. The molecule has 162 valence electrons. The van der Waals surface area contributed by atoms with Crippen LogP contribution in [0.4, 0.5) is 10.1 Å². The average Bonchev–Trinajstić information content (AvgIpc) is 2.81. The van der Waals surface area contributed by atoms with E-state index in [0.717, 1.165) is 54.2 Å². The summed E-state index contributed by atoms with van der Waals surface area (Å²) in [5.74, 6) is 0.102. The van der Waals surface area contributed by atoms with E-state index in [4.69, 9.17) is 5.26 Å². The number of hydrogen-bond acceptors (Lipinski definition) is 6. The Kier molecular flexibility index (Phi) is 6.75. The first-order chi connectivity index (χ1) is 15.6. The number of hydrogen-bond donors (Lipinski definition) is 2. The van der Waals surface area contributed by atoms with Crippen molar-refractivity contribution >= 4 is 28.4 Å². The highest BCUT2D eigenvalue weighted by molar-refractivity contribution is 8.03. The predicted molar refractivity (Wildman–Crippen MR) is 125 cm³/mol. The third-order valence-corrected chi connectivity index (χ3v) is 6.33. The molecule has 6 nitrogen and oxygen atoms in total. The van der Waals surface area contributed by atoms with Gasteiger partial charge in [0.1, 0.15) is 22.9 Å². The molecule has 1 aliphatic heterocycles. The van der Waals surface area contributed by atoms with Gasteiger partial charge in [-0.15, -0.1) is 0 Å². The van der Waals surface area contributed by atoms with Crippen LogP contribution in [0.1, 0.15) is 29.5 Å². The van der Waals surface area contributed by atoms with Crippen LogP contribution >= 0.6 is 11.8 Å². The molecule has 1 aliphatic rings. The lowest BCUT2D eigenvalue weighted by Crippen LogP contribution is -2.44. The molecule has 1 fully saturated rings. The molecule has 4 rings (SSSR count). The fourth-order valence-corrected chi connectivity index (χ4v) is 4.78. The molecule has 1 aromatic heterocycles. The minimum absolute atomic E-state index is 0.0702. The van der Waals surface area contributed by atoms with Crippen molar-refractivity contribution in [3.63, 3.8) is 0 Å². The lowest BCUT2D eigenvalue weighted by atomic mass is 9.99. The van der Waals surface area contributed by atoms with Gasteiger partial charge < -0.3 is 15.2 Å². The molecule has 3 aromatic rings. The summed E-state index contributed by atoms with van der Waals surface area (Å²) in [5.41, 5.74) is 2.80. The van der Waals surface area contributed by atoms with Crippen LogP contribution in [0.3, 0.4) is 0 Å². The van der Waals surface area contributed by atoms with Gasteiger partial charge in [-0.1, -0.05) is 24.3 Å². The molecule has 0 spiro atoms. The van der Waals surface area contributed by atoms with Gasteiger partial charge in [-0.3, -0.25) is 4.79 Å². The Morgan fingerprint density at radius 3 is 2.50 bits per heavy atom. The van der Waals surface area contributed by atoms with E-state index >= 15 is 0 Å². The van der Waals surface area contributed by atoms with Crippen LogP contribution in [0, 0.1) is 27.8 Å². The fraction of sp³-hybridized carbons (Fsp3) is 0.292. The number of thioether (sulfide) groups is 1. The number of halogens is 1. The van der Waals surface area contributed by atoms with Crippen LogP contribution in [-0.2, 0) is 6.42 Å². The third kappa shape index (κ3) is 4.62. The highest BCUT2D eigenvalue weighted by atomic mass is 32.2. The van der Waals surface area contributed by atoms with Gasteiger partial charge in [0, 0.05) is 11.4 Å². The van der Waals surface area contributed by atoms with E-state index in [-0.39, 0.29) is 17.4 Å². The number of aromatic nitrogens is 1. The molecule has 32 heavy (non-hydrogen) atoms. The molecule has 0 saturated carbocycles. The number of fused-ring (bicyclic) bond motifs is 1. The van der Waals surface area contributed by atoms with Crippen molar-refractivity contribution in [3.8, 4) is 11.5 Å². The van der Waals surface area contributed by atoms with Gasteiger partial charge in [0.15, 0.2) is 0 Å². The second-order valence-electron chi connectivity index (χ2n) is 7.79. The summed E-state index contributed by atoms with van der Waals surface area (Å²) in [6.45, 7) is 1.70. The lowest BCUT2D eigenvalue weighted by molar-refractivity contribution is 0.441. The Morgan fingerprint density at radius 1 is 1.09 bits per heavy atom. The van der Waals surface area contributed by atoms with Gasteiger partial charge in [0.2, 0.25) is 0 Å². The first-order valence-electron chi connectivity index (χ1n) is 10.4. The molecule has 1 saturated heterocycles. The van der Waals surface area contributed by atoms with Gasteiger partial charge in [-0.25, -0.2) is 4.39 Å². The molecular formula is C24H22FN5OS. The van der Waals surface area contributed by atoms with Crippen LogP contribution in [0.25, 0.3) is 10.9 Å². The van der Waals surface area contributed by atoms with Crippen LogP contribution in [0.15, 0.2) is 47.3 Å². The zero-order valence-corrected chi connectivity index (χ0v) is 18.2. The Labute approximate surface area is 189 Å². The van der Waals surface area contributed by atoms with Crippen molar-refractivity contribution in [2.75, 3.05) is 23.9 Å². The molecule has 0 radical (unpaired) electrons. The molecule has 0 unspecified atom stereocenters. The standard InChI is InChI=1S/C24H22FN5OS/c25-18-4-1-16(2-5-18)11-17-3-6-20-22(12-17)29-24(31)21(13-26)23(20)30(15-32-14-27)19-7-9-28-10-8-19/h1-6,12,19,28H,7-11,15H2,(H,29,31). The zero-order valence-electron chi connectivity index (χ0n) is 17.4. The molecule has 0 aliphatic carbocycles. The number of aromatic amines is 1. The Bertz CT molecular complexity index is 1250. The van der Waals surface area contributed by atoms with Crippen LogP contribution < -0.4 is 15.8 Å². The van der Waals surface area contributed by atoms with Crippen molar-refractivity contribution < 1.29 is 4.39 Å². The Morgan fingerprint density at radius 2 is 1.81 bits per heavy atom. The van der Waals surface area contributed by atoms with Crippen molar-refractivity contribution in [2.24, 2.45) is 0 Å². The minimum atomic E-state index is -0.435. The maximum absolute atomic E-state index is 13.2. The molecule has 0 bridgehead atoms. The first-order valence-corrected chi connectivity index (χ1v) is 11.4. The van der Waals surface area contributed by atoms with E-state index < -0.39 is 5.56 Å². The van der Waals surface area contributed by atoms with Crippen LogP contribution in [0.2, 0.25) is 0 Å². The second-order valence-corrected chi connectivity index (χ2v) is 8.52. The van der Waals surface area contributed by atoms with Gasteiger partial charge in [0.05, 0.1) is 17.1 Å². The maximum atomic E-state index is 13.2. The summed E-state index contributed by atoms with van der Waals surface area (Å²) in [6, 6.07) is 14.3. The second kappa shape index (κ2) is 9.86. The number of nitriles is 2. The van der Waals surface area contributed by atoms with E-state index in [1.54, 1.807) is 12.1 Å². The highest BCUT2D eigenvalue weighted by Crippen LogP contribution is 2.33. The van der Waals surface area contributed by atoms with Crippen molar-refractivity contribution in [3.05, 3.63) is 75.3 Å². The Hall–Kier alpha value is -3.33. The number of rotatable bonds is 6. The molecule has 8 heteroatoms. The van der Waals surface area contributed by atoms with E-state index in [0.29, 0.717) is 23.5 Å². The van der Waals surface area contributed by atoms with E-state index in [9.17, 15) is 14.4 Å². The smallest absolute Gasteiger partial charge is 0.268 e. The summed E-state index contributed by atoms with van der Waals surface area (Å²) in [4.78, 5) is 17.7. The molecule has 0 atom stereocenters. The number of anilines is 1. The van der Waals surface area contributed by atoms with Gasteiger partial charge in [-0.05, 0) is 73.4 Å².